The SMILES string of the molecule is Cn1ccc(CN2C[C@@H]3CCCN[C@@H]3C2)n1. The largest absolute Gasteiger partial charge is 0.312 e. The van der Waals surface area contributed by atoms with Crippen molar-refractivity contribution in [3.05, 3.63) is 18.0 Å². The zero-order valence-electron chi connectivity index (χ0n) is 9.89. The van der Waals surface area contributed by atoms with Crippen LogP contribution in [-0.2, 0) is 13.6 Å². The van der Waals surface area contributed by atoms with Crippen molar-refractivity contribution in [1.82, 2.24) is 20.0 Å². The van der Waals surface area contributed by atoms with Crippen LogP contribution >= 0.6 is 0 Å². The third-order valence-electron chi connectivity index (χ3n) is 3.83. The summed E-state index contributed by atoms with van der Waals surface area (Å²) in [5, 5.41) is 8.08. The summed E-state index contributed by atoms with van der Waals surface area (Å²) in [7, 11) is 1.98. The van der Waals surface area contributed by atoms with E-state index in [1.807, 2.05) is 17.9 Å². The first-order chi connectivity index (χ1) is 7.81. The molecule has 2 atom stereocenters. The molecular weight excluding hydrogens is 200 g/mol. The first-order valence-corrected chi connectivity index (χ1v) is 6.25. The summed E-state index contributed by atoms with van der Waals surface area (Å²) in [5.41, 5.74) is 1.20. The van der Waals surface area contributed by atoms with E-state index < -0.39 is 0 Å². The van der Waals surface area contributed by atoms with Gasteiger partial charge in [0.15, 0.2) is 0 Å². The van der Waals surface area contributed by atoms with Crippen LogP contribution in [0.1, 0.15) is 18.5 Å². The molecule has 1 aromatic heterocycles. The van der Waals surface area contributed by atoms with E-state index in [0.29, 0.717) is 0 Å². The van der Waals surface area contributed by atoms with Gasteiger partial charge in [0.25, 0.3) is 0 Å². The highest BCUT2D eigenvalue weighted by molar-refractivity contribution is 5.01. The van der Waals surface area contributed by atoms with Crippen LogP contribution in [0.2, 0.25) is 0 Å². The number of aromatic nitrogens is 2. The van der Waals surface area contributed by atoms with Crippen LogP contribution in [-0.4, -0.2) is 40.4 Å². The quantitative estimate of drug-likeness (QED) is 0.792. The molecule has 0 aliphatic carbocycles. The lowest BCUT2D eigenvalue weighted by Gasteiger charge is -2.24. The highest BCUT2D eigenvalue weighted by atomic mass is 15.3. The Bertz CT molecular complexity index is 346. The molecule has 4 heteroatoms. The third kappa shape index (κ3) is 1.99. The molecule has 0 spiro atoms. The van der Waals surface area contributed by atoms with Crippen LogP contribution in [0.25, 0.3) is 0 Å². The number of piperidine rings is 1. The second-order valence-corrected chi connectivity index (χ2v) is 5.14. The molecule has 1 N–H and O–H groups in total. The summed E-state index contributed by atoms with van der Waals surface area (Å²) in [4.78, 5) is 2.54. The van der Waals surface area contributed by atoms with Crippen molar-refractivity contribution in [3.63, 3.8) is 0 Å². The fraction of sp³-hybridized carbons (Fsp3) is 0.750. The van der Waals surface area contributed by atoms with Crippen molar-refractivity contribution < 1.29 is 0 Å². The summed E-state index contributed by atoms with van der Waals surface area (Å²) in [6.45, 7) is 4.66. The molecule has 0 unspecified atom stereocenters. The van der Waals surface area contributed by atoms with Crippen LogP contribution < -0.4 is 5.32 Å². The Kier molecular flexibility index (Phi) is 2.69. The Balaban J connectivity index is 1.61. The molecule has 0 radical (unpaired) electrons. The van der Waals surface area contributed by atoms with Crippen LogP contribution in [0, 0.1) is 5.92 Å². The maximum Gasteiger partial charge on any atom is 0.0764 e. The number of nitrogens with one attached hydrogen (secondary N) is 1. The van der Waals surface area contributed by atoms with Gasteiger partial charge in [-0.05, 0) is 31.4 Å². The van der Waals surface area contributed by atoms with Gasteiger partial charge in [-0.25, -0.2) is 0 Å². The highest BCUT2D eigenvalue weighted by Crippen LogP contribution is 2.25. The number of nitrogens with zero attached hydrogens (tertiary/aromatic N) is 3. The lowest BCUT2D eigenvalue weighted by molar-refractivity contribution is 0.308. The van der Waals surface area contributed by atoms with Gasteiger partial charge in [0, 0.05) is 38.9 Å². The molecule has 2 aliphatic heterocycles. The molecule has 2 fully saturated rings. The maximum absolute atomic E-state index is 4.45. The second kappa shape index (κ2) is 4.18. The van der Waals surface area contributed by atoms with Crippen molar-refractivity contribution in [2.45, 2.75) is 25.4 Å². The van der Waals surface area contributed by atoms with E-state index in [2.05, 4.69) is 21.4 Å². The van der Waals surface area contributed by atoms with Gasteiger partial charge in [0.2, 0.25) is 0 Å². The molecule has 0 amide bonds. The molecule has 4 nitrogen and oxygen atoms in total. The fourth-order valence-corrected chi connectivity index (χ4v) is 3.04. The van der Waals surface area contributed by atoms with Gasteiger partial charge in [0.05, 0.1) is 5.69 Å². The Labute approximate surface area is 96.6 Å². The highest BCUT2D eigenvalue weighted by Gasteiger charge is 2.34. The molecule has 0 saturated carbocycles. The van der Waals surface area contributed by atoms with E-state index in [1.54, 1.807) is 0 Å². The standard InChI is InChI=1S/C12H20N4/c1-15-6-4-11(14-15)8-16-7-10-3-2-5-13-12(10)9-16/h4,6,10,12-13H,2-3,5,7-9H2,1H3/t10-,12+/m0/s1. The fourth-order valence-electron chi connectivity index (χ4n) is 3.04. The molecule has 88 valence electrons. The minimum Gasteiger partial charge on any atom is -0.312 e. The topological polar surface area (TPSA) is 33.1 Å². The first kappa shape index (κ1) is 10.3. The smallest absolute Gasteiger partial charge is 0.0764 e. The van der Waals surface area contributed by atoms with Gasteiger partial charge < -0.3 is 5.32 Å². The summed E-state index contributed by atoms with van der Waals surface area (Å²) >= 11 is 0. The van der Waals surface area contributed by atoms with Crippen LogP contribution in [0.5, 0.6) is 0 Å². The van der Waals surface area contributed by atoms with Gasteiger partial charge in [-0.15, -0.1) is 0 Å². The van der Waals surface area contributed by atoms with E-state index in [1.165, 1.54) is 38.2 Å². The van der Waals surface area contributed by atoms with Crippen molar-refractivity contribution in [3.8, 4) is 0 Å². The van der Waals surface area contributed by atoms with E-state index in [-0.39, 0.29) is 0 Å². The first-order valence-electron chi connectivity index (χ1n) is 6.25. The third-order valence-corrected chi connectivity index (χ3v) is 3.83. The van der Waals surface area contributed by atoms with E-state index in [9.17, 15) is 0 Å². The zero-order valence-corrected chi connectivity index (χ0v) is 9.89. The molecule has 16 heavy (non-hydrogen) atoms. The van der Waals surface area contributed by atoms with Crippen molar-refractivity contribution in [1.29, 1.82) is 0 Å². The molecule has 3 heterocycles. The van der Waals surface area contributed by atoms with Gasteiger partial charge in [-0.3, -0.25) is 9.58 Å². The number of aryl methyl sites for hydroxylation is 1. The number of hydrogen-bond acceptors (Lipinski definition) is 3. The monoisotopic (exact) mass is 220 g/mol. The predicted octanol–water partition coefficient (Wildman–Crippen LogP) is 0.604. The number of hydrogen-bond donors (Lipinski definition) is 1. The summed E-state index contributed by atoms with van der Waals surface area (Å²) in [6.07, 6.45) is 4.77. The van der Waals surface area contributed by atoms with Crippen molar-refractivity contribution in [2.75, 3.05) is 19.6 Å². The molecule has 1 aromatic rings. The zero-order chi connectivity index (χ0) is 11.0. The molecule has 0 aromatic carbocycles. The van der Waals surface area contributed by atoms with Crippen LogP contribution in [0.3, 0.4) is 0 Å². The van der Waals surface area contributed by atoms with Gasteiger partial charge in [-0.1, -0.05) is 0 Å². The maximum atomic E-state index is 4.45. The minimum absolute atomic E-state index is 0.734. The van der Waals surface area contributed by atoms with Crippen molar-refractivity contribution in [2.24, 2.45) is 13.0 Å². The lowest BCUT2D eigenvalue weighted by Crippen LogP contribution is -2.40. The van der Waals surface area contributed by atoms with Crippen LogP contribution in [0.4, 0.5) is 0 Å². The molecule has 0 bridgehead atoms. The number of fused-ring (bicyclic) bond motifs is 1. The summed E-state index contributed by atoms with van der Waals surface area (Å²) in [6, 6.07) is 2.85. The van der Waals surface area contributed by atoms with Crippen molar-refractivity contribution >= 4 is 0 Å². The normalized spacial score (nSPS) is 30.6. The molecule has 2 aliphatic rings. The predicted molar refractivity (Wildman–Crippen MR) is 63.0 cm³/mol. The van der Waals surface area contributed by atoms with Gasteiger partial charge >= 0.3 is 0 Å². The average Bonchev–Trinajstić information content (AvgIpc) is 2.84. The second-order valence-electron chi connectivity index (χ2n) is 5.14. The van der Waals surface area contributed by atoms with E-state index in [0.717, 1.165) is 18.5 Å². The van der Waals surface area contributed by atoms with Crippen LogP contribution in [0.15, 0.2) is 12.3 Å². The minimum atomic E-state index is 0.734. The van der Waals surface area contributed by atoms with E-state index >= 15 is 0 Å². The Morgan fingerprint density at radius 1 is 1.50 bits per heavy atom. The lowest BCUT2D eigenvalue weighted by atomic mass is 9.94. The average molecular weight is 220 g/mol. The molecular formula is C12H20N4. The molecule has 3 rings (SSSR count). The van der Waals surface area contributed by atoms with Gasteiger partial charge in [0.1, 0.15) is 0 Å². The van der Waals surface area contributed by atoms with Gasteiger partial charge in [-0.2, -0.15) is 5.10 Å². The number of likely N-dealkylation sites (tertiary alicyclic amines) is 1. The number of rotatable bonds is 2. The molecule has 2 saturated heterocycles. The summed E-state index contributed by atoms with van der Waals surface area (Å²) < 4.78 is 1.89. The summed E-state index contributed by atoms with van der Waals surface area (Å²) in [5.74, 6) is 0.873. The Hall–Kier alpha value is -0.870. The Morgan fingerprint density at radius 3 is 3.19 bits per heavy atom. The van der Waals surface area contributed by atoms with E-state index in [4.69, 9.17) is 0 Å². The Morgan fingerprint density at radius 2 is 2.44 bits per heavy atom.